The summed E-state index contributed by atoms with van der Waals surface area (Å²) in [4.78, 5) is 5.23. The molecular weight excluding hydrogens is 404 g/mol. The van der Waals surface area contributed by atoms with E-state index in [0.717, 1.165) is 27.6 Å². The monoisotopic (exact) mass is 416 g/mol. The summed E-state index contributed by atoms with van der Waals surface area (Å²) in [7, 11) is 0. The molecule has 8 heteroatoms. The normalized spacial score (nSPS) is 11.7. The first-order valence-electron chi connectivity index (χ1n) is 7.60. The van der Waals surface area contributed by atoms with Crippen LogP contribution in [0.3, 0.4) is 0 Å². The highest BCUT2D eigenvalue weighted by Crippen LogP contribution is 2.34. The Balaban J connectivity index is 1.62. The topological polar surface area (TPSA) is 24.9 Å². The SMILES string of the molecule is FC(F)(F)c1cccc(CNCc2ncc(-c3ccc(Cl)cc3Cl)s2)c1. The Hall–Kier alpha value is -1.60. The maximum Gasteiger partial charge on any atom is 0.416 e. The maximum atomic E-state index is 12.7. The lowest BCUT2D eigenvalue weighted by atomic mass is 10.1. The van der Waals surface area contributed by atoms with Crippen LogP contribution in [-0.4, -0.2) is 4.98 Å². The minimum atomic E-state index is -4.34. The summed E-state index contributed by atoms with van der Waals surface area (Å²) in [6, 6.07) is 10.5. The molecule has 2 nitrogen and oxygen atoms in total. The fourth-order valence-electron chi connectivity index (χ4n) is 2.38. The smallest absolute Gasteiger partial charge is 0.306 e. The van der Waals surface area contributed by atoms with Gasteiger partial charge < -0.3 is 5.32 Å². The number of nitrogens with zero attached hydrogens (tertiary/aromatic N) is 1. The Bertz CT molecular complexity index is 909. The van der Waals surface area contributed by atoms with Gasteiger partial charge in [0.25, 0.3) is 0 Å². The van der Waals surface area contributed by atoms with Gasteiger partial charge in [0.2, 0.25) is 0 Å². The number of rotatable bonds is 5. The summed E-state index contributed by atoms with van der Waals surface area (Å²) in [5.74, 6) is 0. The van der Waals surface area contributed by atoms with Crippen LogP contribution in [0.5, 0.6) is 0 Å². The van der Waals surface area contributed by atoms with Crippen LogP contribution in [-0.2, 0) is 19.3 Å². The van der Waals surface area contributed by atoms with Gasteiger partial charge in [0.1, 0.15) is 5.01 Å². The van der Waals surface area contributed by atoms with Crippen molar-refractivity contribution in [3.8, 4) is 10.4 Å². The van der Waals surface area contributed by atoms with Crippen LogP contribution in [0.1, 0.15) is 16.1 Å². The number of alkyl halides is 3. The Kier molecular flexibility index (Phi) is 5.87. The van der Waals surface area contributed by atoms with E-state index in [1.54, 1.807) is 24.4 Å². The van der Waals surface area contributed by atoms with E-state index >= 15 is 0 Å². The lowest BCUT2D eigenvalue weighted by Gasteiger charge is -2.09. The van der Waals surface area contributed by atoms with Gasteiger partial charge in [-0.3, -0.25) is 0 Å². The largest absolute Gasteiger partial charge is 0.416 e. The Morgan fingerprint density at radius 1 is 1.04 bits per heavy atom. The van der Waals surface area contributed by atoms with E-state index in [2.05, 4.69) is 10.3 Å². The molecule has 0 saturated carbocycles. The molecule has 26 heavy (non-hydrogen) atoms. The summed E-state index contributed by atoms with van der Waals surface area (Å²) >= 11 is 13.6. The standard InChI is InChI=1S/C18H13Cl2F3N2S/c19-13-4-5-14(15(20)7-13)16-9-25-17(26-16)10-24-8-11-2-1-3-12(6-11)18(21,22)23/h1-7,9,24H,8,10H2. The highest BCUT2D eigenvalue weighted by molar-refractivity contribution is 7.15. The van der Waals surface area contributed by atoms with Crippen LogP contribution in [0.25, 0.3) is 10.4 Å². The molecule has 0 atom stereocenters. The second-order valence-corrected chi connectivity index (χ2v) is 7.50. The number of halogens is 5. The van der Waals surface area contributed by atoms with Crippen molar-refractivity contribution in [2.75, 3.05) is 0 Å². The lowest BCUT2D eigenvalue weighted by Crippen LogP contribution is -2.13. The fourth-order valence-corrected chi connectivity index (χ4v) is 3.87. The molecule has 1 N–H and O–H groups in total. The van der Waals surface area contributed by atoms with Crippen LogP contribution < -0.4 is 5.32 Å². The van der Waals surface area contributed by atoms with Crippen molar-refractivity contribution in [1.82, 2.24) is 10.3 Å². The highest BCUT2D eigenvalue weighted by atomic mass is 35.5. The molecule has 0 aliphatic carbocycles. The molecule has 3 rings (SSSR count). The molecule has 0 bridgehead atoms. The van der Waals surface area contributed by atoms with Crippen molar-refractivity contribution >= 4 is 34.5 Å². The van der Waals surface area contributed by atoms with Crippen molar-refractivity contribution in [2.24, 2.45) is 0 Å². The van der Waals surface area contributed by atoms with Gasteiger partial charge in [0.15, 0.2) is 0 Å². The zero-order valence-corrected chi connectivity index (χ0v) is 15.6. The zero-order chi connectivity index (χ0) is 18.7. The van der Waals surface area contributed by atoms with E-state index < -0.39 is 11.7 Å². The van der Waals surface area contributed by atoms with Crippen LogP contribution in [0.15, 0.2) is 48.7 Å². The van der Waals surface area contributed by atoms with Gasteiger partial charge in [-0.2, -0.15) is 13.2 Å². The van der Waals surface area contributed by atoms with Gasteiger partial charge in [-0.25, -0.2) is 4.98 Å². The van der Waals surface area contributed by atoms with Crippen molar-refractivity contribution in [1.29, 1.82) is 0 Å². The summed E-state index contributed by atoms with van der Waals surface area (Å²) < 4.78 is 38.2. The minimum absolute atomic E-state index is 0.320. The van der Waals surface area contributed by atoms with Gasteiger partial charge in [-0.1, -0.05) is 47.5 Å². The molecular formula is C18H13Cl2F3N2S. The molecule has 0 saturated heterocycles. The summed E-state index contributed by atoms with van der Waals surface area (Å²) in [5, 5.41) is 5.04. The summed E-state index contributed by atoms with van der Waals surface area (Å²) in [6.07, 6.45) is -2.61. The van der Waals surface area contributed by atoms with E-state index in [1.807, 2.05) is 6.07 Å². The lowest BCUT2D eigenvalue weighted by molar-refractivity contribution is -0.137. The van der Waals surface area contributed by atoms with Crippen LogP contribution in [0.2, 0.25) is 10.0 Å². The van der Waals surface area contributed by atoms with Gasteiger partial charge >= 0.3 is 6.18 Å². The molecule has 0 aliphatic heterocycles. The average Bonchev–Trinajstić information content (AvgIpc) is 3.03. The minimum Gasteiger partial charge on any atom is -0.306 e. The molecule has 0 amide bonds. The molecule has 2 aromatic carbocycles. The molecule has 0 radical (unpaired) electrons. The number of thiazole rings is 1. The van der Waals surface area contributed by atoms with Gasteiger partial charge in [-0.15, -0.1) is 11.3 Å². The van der Waals surface area contributed by atoms with E-state index in [0.29, 0.717) is 28.7 Å². The second-order valence-electron chi connectivity index (χ2n) is 5.54. The Morgan fingerprint density at radius 2 is 1.85 bits per heavy atom. The molecule has 3 aromatic rings. The third kappa shape index (κ3) is 4.76. The van der Waals surface area contributed by atoms with E-state index in [1.165, 1.54) is 17.4 Å². The van der Waals surface area contributed by atoms with Crippen molar-refractivity contribution in [3.63, 3.8) is 0 Å². The molecule has 0 spiro atoms. The molecule has 0 aliphatic rings. The Morgan fingerprint density at radius 3 is 2.58 bits per heavy atom. The maximum absolute atomic E-state index is 12.7. The predicted molar refractivity (Wildman–Crippen MR) is 99.6 cm³/mol. The van der Waals surface area contributed by atoms with Gasteiger partial charge in [-0.05, 0) is 23.8 Å². The summed E-state index contributed by atoms with van der Waals surface area (Å²) in [5.41, 5.74) is 0.765. The van der Waals surface area contributed by atoms with Crippen molar-refractivity contribution in [3.05, 3.63) is 74.8 Å². The molecule has 136 valence electrons. The first-order valence-corrected chi connectivity index (χ1v) is 9.17. The Labute approximate surface area is 162 Å². The average molecular weight is 417 g/mol. The third-order valence-corrected chi connectivity index (χ3v) is 5.19. The van der Waals surface area contributed by atoms with Crippen LogP contribution >= 0.6 is 34.5 Å². The first kappa shape index (κ1) is 19.2. The predicted octanol–water partition coefficient (Wildman–Crippen LogP) is 6.43. The number of benzene rings is 2. The zero-order valence-electron chi connectivity index (χ0n) is 13.3. The van der Waals surface area contributed by atoms with Crippen molar-refractivity contribution in [2.45, 2.75) is 19.3 Å². The van der Waals surface area contributed by atoms with E-state index in [4.69, 9.17) is 23.2 Å². The van der Waals surface area contributed by atoms with E-state index in [-0.39, 0.29) is 0 Å². The quantitative estimate of drug-likeness (QED) is 0.518. The van der Waals surface area contributed by atoms with Gasteiger partial charge in [0, 0.05) is 29.9 Å². The number of aromatic nitrogens is 1. The molecule has 1 aromatic heterocycles. The molecule has 0 fully saturated rings. The fraction of sp³-hybridized carbons (Fsp3) is 0.167. The highest BCUT2D eigenvalue weighted by Gasteiger charge is 2.30. The first-order chi connectivity index (χ1) is 12.3. The second kappa shape index (κ2) is 7.96. The van der Waals surface area contributed by atoms with E-state index in [9.17, 15) is 13.2 Å². The molecule has 1 heterocycles. The number of nitrogens with one attached hydrogen (secondary N) is 1. The van der Waals surface area contributed by atoms with Gasteiger partial charge in [0.05, 0.1) is 15.5 Å². The summed E-state index contributed by atoms with van der Waals surface area (Å²) in [6.45, 7) is 0.770. The third-order valence-electron chi connectivity index (χ3n) is 3.61. The number of hydrogen-bond acceptors (Lipinski definition) is 3. The van der Waals surface area contributed by atoms with Crippen LogP contribution in [0, 0.1) is 0 Å². The number of hydrogen-bond donors (Lipinski definition) is 1. The van der Waals surface area contributed by atoms with Crippen molar-refractivity contribution < 1.29 is 13.2 Å². The molecule has 0 unspecified atom stereocenters. The van der Waals surface area contributed by atoms with Crippen LogP contribution in [0.4, 0.5) is 13.2 Å².